The minimum atomic E-state index is 0.114. The molecule has 0 bridgehead atoms. The van der Waals surface area contributed by atoms with Crippen molar-refractivity contribution in [1.29, 1.82) is 0 Å². The van der Waals surface area contributed by atoms with E-state index >= 15 is 0 Å². The molecule has 1 aliphatic heterocycles. The molecule has 1 aromatic heterocycles. The molecule has 3 nitrogen and oxygen atoms in total. The first kappa shape index (κ1) is 14.6. The molecule has 2 aromatic rings. The number of benzene rings is 1. The zero-order valence-corrected chi connectivity index (χ0v) is 13.1. The quantitative estimate of drug-likeness (QED) is 0.935. The van der Waals surface area contributed by atoms with Crippen molar-refractivity contribution < 1.29 is 5.11 Å². The van der Waals surface area contributed by atoms with E-state index in [2.05, 4.69) is 22.9 Å². The van der Waals surface area contributed by atoms with Gasteiger partial charge in [-0.05, 0) is 48.9 Å². The van der Waals surface area contributed by atoms with Gasteiger partial charge in [-0.25, -0.2) is 0 Å². The van der Waals surface area contributed by atoms with E-state index in [1.54, 1.807) is 0 Å². The van der Waals surface area contributed by atoms with Crippen LogP contribution in [0.1, 0.15) is 26.2 Å². The van der Waals surface area contributed by atoms with Gasteiger partial charge in [0, 0.05) is 42.0 Å². The molecule has 1 fully saturated rings. The maximum Gasteiger partial charge on any atom is 0.0737 e. The third-order valence-corrected chi connectivity index (χ3v) is 5.17. The first-order valence-corrected chi connectivity index (χ1v) is 7.95. The van der Waals surface area contributed by atoms with Gasteiger partial charge in [-0.1, -0.05) is 18.5 Å². The number of halogens is 1. The van der Waals surface area contributed by atoms with Crippen molar-refractivity contribution >= 4 is 28.2 Å². The average molecular weight is 305 g/mol. The molecule has 3 rings (SSSR count). The summed E-state index contributed by atoms with van der Waals surface area (Å²) in [4.78, 5) is 6.81. The SMILES string of the molecule is CCC1(CO)CCN(c2ccnc3cc(Cl)ccc23)CC1. The van der Waals surface area contributed by atoms with Crippen LogP contribution < -0.4 is 4.90 Å². The number of rotatable bonds is 3. The summed E-state index contributed by atoms with van der Waals surface area (Å²) in [6, 6.07) is 7.96. The summed E-state index contributed by atoms with van der Waals surface area (Å²) in [7, 11) is 0. The second-order valence-electron chi connectivity index (χ2n) is 5.99. The molecule has 4 heteroatoms. The van der Waals surface area contributed by atoms with Crippen LogP contribution in [-0.4, -0.2) is 29.8 Å². The van der Waals surface area contributed by atoms with E-state index in [0.717, 1.165) is 48.3 Å². The lowest BCUT2D eigenvalue weighted by molar-refractivity contribution is 0.0923. The number of aliphatic hydroxyl groups is 1. The smallest absolute Gasteiger partial charge is 0.0737 e. The maximum absolute atomic E-state index is 9.66. The van der Waals surface area contributed by atoms with Crippen LogP contribution in [0.2, 0.25) is 5.02 Å². The highest BCUT2D eigenvalue weighted by Crippen LogP contribution is 2.37. The summed E-state index contributed by atoms with van der Waals surface area (Å²) < 4.78 is 0. The Balaban J connectivity index is 1.89. The largest absolute Gasteiger partial charge is 0.396 e. The van der Waals surface area contributed by atoms with Crippen molar-refractivity contribution in [1.82, 2.24) is 4.98 Å². The number of aromatic nitrogens is 1. The fraction of sp³-hybridized carbons (Fsp3) is 0.471. The fourth-order valence-electron chi connectivity index (χ4n) is 3.23. The molecule has 0 radical (unpaired) electrons. The first-order chi connectivity index (χ1) is 10.2. The Morgan fingerprint density at radius 1 is 1.29 bits per heavy atom. The van der Waals surface area contributed by atoms with Crippen LogP contribution in [0, 0.1) is 5.41 Å². The van der Waals surface area contributed by atoms with Gasteiger partial charge in [-0.15, -0.1) is 0 Å². The number of pyridine rings is 1. The molecular formula is C17H21ClN2O. The van der Waals surface area contributed by atoms with Crippen LogP contribution in [0.3, 0.4) is 0 Å². The van der Waals surface area contributed by atoms with Gasteiger partial charge < -0.3 is 10.0 Å². The van der Waals surface area contributed by atoms with Crippen molar-refractivity contribution in [2.24, 2.45) is 5.41 Å². The molecule has 0 atom stereocenters. The minimum absolute atomic E-state index is 0.114. The van der Waals surface area contributed by atoms with E-state index in [1.165, 1.54) is 5.69 Å². The number of nitrogens with zero attached hydrogens (tertiary/aromatic N) is 2. The van der Waals surface area contributed by atoms with Crippen molar-refractivity contribution in [3.63, 3.8) is 0 Å². The summed E-state index contributed by atoms with van der Waals surface area (Å²) in [6.07, 6.45) is 4.97. The standard InChI is InChI=1S/C17H21ClN2O/c1-2-17(12-21)6-9-20(10-7-17)16-5-8-19-15-11-13(18)3-4-14(15)16/h3-5,8,11,21H,2,6-7,9-10,12H2,1H3. The molecule has 1 saturated heterocycles. The molecule has 1 aromatic carbocycles. The lowest BCUT2D eigenvalue weighted by Gasteiger charge is -2.41. The third kappa shape index (κ3) is 2.72. The molecule has 1 N–H and O–H groups in total. The summed E-state index contributed by atoms with van der Waals surface area (Å²) in [5.74, 6) is 0. The van der Waals surface area contributed by atoms with Crippen molar-refractivity contribution in [3.8, 4) is 0 Å². The molecule has 0 aliphatic carbocycles. The number of hydrogen-bond donors (Lipinski definition) is 1. The first-order valence-electron chi connectivity index (χ1n) is 7.57. The molecule has 1 aliphatic rings. The summed E-state index contributed by atoms with van der Waals surface area (Å²) in [6.45, 7) is 4.44. The van der Waals surface area contributed by atoms with Gasteiger partial charge >= 0.3 is 0 Å². The van der Waals surface area contributed by atoms with Crippen LogP contribution in [-0.2, 0) is 0 Å². The lowest BCUT2D eigenvalue weighted by atomic mass is 9.77. The Morgan fingerprint density at radius 2 is 2.05 bits per heavy atom. The van der Waals surface area contributed by atoms with Crippen LogP contribution in [0.15, 0.2) is 30.5 Å². The molecule has 0 saturated carbocycles. The number of anilines is 1. The third-order valence-electron chi connectivity index (χ3n) is 4.93. The van der Waals surface area contributed by atoms with Crippen molar-refractivity contribution in [2.45, 2.75) is 26.2 Å². The van der Waals surface area contributed by atoms with Gasteiger partial charge in [0.1, 0.15) is 0 Å². The van der Waals surface area contributed by atoms with Gasteiger partial charge in [0.2, 0.25) is 0 Å². The molecule has 0 unspecified atom stereocenters. The maximum atomic E-state index is 9.66. The summed E-state index contributed by atoms with van der Waals surface area (Å²) in [5.41, 5.74) is 2.27. The summed E-state index contributed by atoms with van der Waals surface area (Å²) >= 11 is 6.05. The lowest BCUT2D eigenvalue weighted by Crippen LogP contribution is -2.41. The predicted octanol–water partition coefficient (Wildman–Crippen LogP) is 3.88. The van der Waals surface area contributed by atoms with E-state index in [0.29, 0.717) is 6.61 Å². The van der Waals surface area contributed by atoms with Crippen molar-refractivity contribution in [2.75, 3.05) is 24.6 Å². The molecule has 0 spiro atoms. The number of piperidine rings is 1. The highest BCUT2D eigenvalue weighted by atomic mass is 35.5. The van der Waals surface area contributed by atoms with Gasteiger partial charge in [0.25, 0.3) is 0 Å². The van der Waals surface area contributed by atoms with Gasteiger partial charge in [0.05, 0.1) is 5.52 Å². The van der Waals surface area contributed by atoms with Crippen LogP contribution in [0.25, 0.3) is 10.9 Å². The number of hydrogen-bond acceptors (Lipinski definition) is 3. The monoisotopic (exact) mass is 304 g/mol. The highest BCUT2D eigenvalue weighted by molar-refractivity contribution is 6.31. The zero-order valence-electron chi connectivity index (χ0n) is 12.3. The number of aliphatic hydroxyl groups excluding tert-OH is 1. The van der Waals surface area contributed by atoms with E-state index in [4.69, 9.17) is 11.6 Å². The van der Waals surface area contributed by atoms with E-state index < -0.39 is 0 Å². The Kier molecular flexibility index (Phi) is 4.05. The Hall–Kier alpha value is -1.32. The zero-order chi connectivity index (χ0) is 14.9. The van der Waals surface area contributed by atoms with E-state index in [1.807, 2.05) is 24.4 Å². The van der Waals surface area contributed by atoms with E-state index in [-0.39, 0.29) is 5.41 Å². The Bertz CT molecular complexity index is 630. The minimum Gasteiger partial charge on any atom is -0.396 e. The van der Waals surface area contributed by atoms with Gasteiger partial charge in [0.15, 0.2) is 0 Å². The molecular weight excluding hydrogens is 284 g/mol. The highest BCUT2D eigenvalue weighted by Gasteiger charge is 2.32. The average Bonchev–Trinajstić information content (AvgIpc) is 2.54. The van der Waals surface area contributed by atoms with Crippen LogP contribution in [0.5, 0.6) is 0 Å². The van der Waals surface area contributed by atoms with Crippen LogP contribution >= 0.6 is 11.6 Å². The molecule has 0 amide bonds. The normalized spacial score (nSPS) is 18.1. The van der Waals surface area contributed by atoms with E-state index in [9.17, 15) is 5.11 Å². The molecule has 112 valence electrons. The topological polar surface area (TPSA) is 36.4 Å². The molecule has 2 heterocycles. The fourth-order valence-corrected chi connectivity index (χ4v) is 3.39. The summed E-state index contributed by atoms with van der Waals surface area (Å²) in [5, 5.41) is 11.5. The van der Waals surface area contributed by atoms with Gasteiger partial charge in [-0.2, -0.15) is 0 Å². The Labute approximate surface area is 130 Å². The second kappa shape index (κ2) is 5.82. The number of fused-ring (bicyclic) bond motifs is 1. The van der Waals surface area contributed by atoms with Crippen molar-refractivity contribution in [3.05, 3.63) is 35.5 Å². The Morgan fingerprint density at radius 3 is 2.71 bits per heavy atom. The van der Waals surface area contributed by atoms with Gasteiger partial charge in [-0.3, -0.25) is 4.98 Å². The van der Waals surface area contributed by atoms with Crippen LogP contribution in [0.4, 0.5) is 5.69 Å². The predicted molar refractivity (Wildman–Crippen MR) is 88.0 cm³/mol. The second-order valence-corrected chi connectivity index (χ2v) is 6.43. The molecule has 21 heavy (non-hydrogen) atoms.